The van der Waals surface area contributed by atoms with Gasteiger partial charge in [-0.25, -0.2) is 0 Å². The van der Waals surface area contributed by atoms with E-state index >= 15 is 0 Å². The number of hydrogen-bond acceptors (Lipinski definition) is 9. The maximum Gasteiger partial charge on any atom is 0.251 e. The van der Waals surface area contributed by atoms with Crippen molar-refractivity contribution in [2.24, 2.45) is 0 Å². The lowest BCUT2D eigenvalue weighted by Crippen LogP contribution is -2.25. The molecule has 2 N–H and O–H groups in total. The molecule has 0 aliphatic carbocycles. The SMILES string of the molecule is CCOc1ccc(-n2c(CNC(=O)c3cc(OC)c(OC)c(OC)c3)nnc2SCC(=O)Nc2cccc(C)c2)cc1. The Balaban J connectivity index is 1.55. The summed E-state index contributed by atoms with van der Waals surface area (Å²) >= 11 is 1.24. The van der Waals surface area contributed by atoms with Gasteiger partial charge < -0.3 is 29.6 Å². The zero-order valence-electron chi connectivity index (χ0n) is 24.1. The summed E-state index contributed by atoms with van der Waals surface area (Å²) in [6.45, 7) is 4.48. The second kappa shape index (κ2) is 14.3. The first-order chi connectivity index (χ1) is 20.4. The Morgan fingerprint density at radius 1 is 0.929 bits per heavy atom. The van der Waals surface area contributed by atoms with Crippen molar-refractivity contribution >= 4 is 29.3 Å². The smallest absolute Gasteiger partial charge is 0.251 e. The number of ether oxygens (including phenoxy) is 4. The zero-order chi connectivity index (χ0) is 30.1. The summed E-state index contributed by atoms with van der Waals surface area (Å²) in [7, 11) is 4.47. The van der Waals surface area contributed by atoms with Gasteiger partial charge >= 0.3 is 0 Å². The lowest BCUT2D eigenvalue weighted by molar-refractivity contribution is -0.113. The van der Waals surface area contributed by atoms with E-state index in [9.17, 15) is 9.59 Å². The second-order valence-electron chi connectivity index (χ2n) is 8.96. The van der Waals surface area contributed by atoms with Crippen molar-refractivity contribution in [1.82, 2.24) is 20.1 Å². The third-order valence-electron chi connectivity index (χ3n) is 6.07. The summed E-state index contributed by atoms with van der Waals surface area (Å²) in [5, 5.41) is 14.9. The van der Waals surface area contributed by atoms with E-state index in [0.717, 1.165) is 22.7 Å². The number of hydrogen-bond donors (Lipinski definition) is 2. The number of aryl methyl sites for hydroxylation is 1. The van der Waals surface area contributed by atoms with Crippen LogP contribution in [0.5, 0.6) is 23.0 Å². The molecule has 4 aromatic rings. The minimum atomic E-state index is -0.373. The van der Waals surface area contributed by atoms with Crippen LogP contribution in [0.1, 0.15) is 28.7 Å². The second-order valence-corrected chi connectivity index (χ2v) is 9.91. The molecule has 2 amide bonds. The molecule has 0 fully saturated rings. The molecule has 4 rings (SSSR count). The number of aromatic nitrogens is 3. The van der Waals surface area contributed by atoms with Crippen LogP contribution in [0.2, 0.25) is 0 Å². The van der Waals surface area contributed by atoms with Gasteiger partial charge in [0.05, 0.1) is 40.2 Å². The summed E-state index contributed by atoms with van der Waals surface area (Å²) in [6.07, 6.45) is 0. The highest BCUT2D eigenvalue weighted by Crippen LogP contribution is 2.38. The molecule has 0 radical (unpaired) electrons. The topological polar surface area (TPSA) is 126 Å². The van der Waals surface area contributed by atoms with Gasteiger partial charge in [-0.1, -0.05) is 23.9 Å². The molecule has 1 heterocycles. The van der Waals surface area contributed by atoms with Crippen molar-refractivity contribution in [2.45, 2.75) is 25.5 Å². The van der Waals surface area contributed by atoms with E-state index < -0.39 is 0 Å². The van der Waals surface area contributed by atoms with Gasteiger partial charge in [-0.15, -0.1) is 10.2 Å². The molecule has 220 valence electrons. The van der Waals surface area contributed by atoms with Crippen LogP contribution in [0, 0.1) is 6.92 Å². The fourth-order valence-corrected chi connectivity index (χ4v) is 4.92. The molecule has 1 aromatic heterocycles. The Morgan fingerprint density at radius 3 is 2.26 bits per heavy atom. The highest BCUT2D eigenvalue weighted by atomic mass is 32.2. The van der Waals surface area contributed by atoms with Gasteiger partial charge in [0.1, 0.15) is 5.75 Å². The quantitative estimate of drug-likeness (QED) is 0.214. The average Bonchev–Trinajstić information content (AvgIpc) is 3.41. The number of anilines is 1. The van der Waals surface area contributed by atoms with Crippen LogP contribution in [0.4, 0.5) is 5.69 Å². The Hall–Kier alpha value is -4.71. The molecular weight excluding hydrogens is 558 g/mol. The van der Waals surface area contributed by atoms with Crippen LogP contribution in [0.25, 0.3) is 5.69 Å². The van der Waals surface area contributed by atoms with Gasteiger partial charge in [-0.3, -0.25) is 14.2 Å². The van der Waals surface area contributed by atoms with E-state index in [1.807, 2.05) is 62.4 Å². The number of carbonyl (C=O) groups excluding carboxylic acids is 2. The van der Waals surface area contributed by atoms with E-state index in [4.69, 9.17) is 18.9 Å². The average molecular weight is 592 g/mol. The molecule has 0 saturated carbocycles. The number of methoxy groups -OCH3 is 3. The molecule has 42 heavy (non-hydrogen) atoms. The van der Waals surface area contributed by atoms with Crippen LogP contribution in [0.15, 0.2) is 65.8 Å². The lowest BCUT2D eigenvalue weighted by atomic mass is 10.1. The van der Waals surface area contributed by atoms with Crippen molar-refractivity contribution in [1.29, 1.82) is 0 Å². The van der Waals surface area contributed by atoms with E-state index in [0.29, 0.717) is 40.4 Å². The van der Waals surface area contributed by atoms with Crippen LogP contribution < -0.4 is 29.6 Å². The van der Waals surface area contributed by atoms with Crippen molar-refractivity contribution in [3.63, 3.8) is 0 Å². The molecule has 0 bridgehead atoms. The van der Waals surface area contributed by atoms with Crippen LogP contribution in [0.3, 0.4) is 0 Å². The fraction of sp³-hybridized carbons (Fsp3) is 0.267. The molecule has 0 spiro atoms. The van der Waals surface area contributed by atoms with E-state index in [1.165, 1.54) is 33.1 Å². The number of rotatable bonds is 13. The third-order valence-corrected chi connectivity index (χ3v) is 7.00. The summed E-state index contributed by atoms with van der Waals surface area (Å²) in [6, 6.07) is 18.2. The predicted molar refractivity (Wildman–Crippen MR) is 160 cm³/mol. The molecule has 0 saturated heterocycles. The Kier molecular flexibility index (Phi) is 10.3. The first kappa shape index (κ1) is 30.3. The number of benzene rings is 3. The van der Waals surface area contributed by atoms with E-state index in [2.05, 4.69) is 20.8 Å². The molecular formula is C30H33N5O6S. The van der Waals surface area contributed by atoms with Gasteiger partial charge in [-0.2, -0.15) is 0 Å². The Bertz CT molecular complexity index is 1510. The number of amides is 2. The Labute approximate surface area is 248 Å². The van der Waals surface area contributed by atoms with Gasteiger partial charge in [0, 0.05) is 16.9 Å². The van der Waals surface area contributed by atoms with Crippen LogP contribution in [-0.2, 0) is 11.3 Å². The monoisotopic (exact) mass is 591 g/mol. The molecule has 0 unspecified atom stereocenters. The van der Waals surface area contributed by atoms with Crippen molar-refractivity contribution < 1.29 is 28.5 Å². The van der Waals surface area contributed by atoms with E-state index in [-0.39, 0.29) is 24.1 Å². The Morgan fingerprint density at radius 2 is 1.64 bits per heavy atom. The van der Waals surface area contributed by atoms with Gasteiger partial charge in [0.15, 0.2) is 22.5 Å². The summed E-state index contributed by atoms with van der Waals surface area (Å²) in [5.41, 5.74) is 2.85. The fourth-order valence-electron chi connectivity index (χ4n) is 4.15. The maximum absolute atomic E-state index is 13.1. The number of nitrogens with one attached hydrogen (secondary N) is 2. The first-order valence-corrected chi connectivity index (χ1v) is 14.1. The summed E-state index contributed by atoms with van der Waals surface area (Å²) in [5.74, 6) is 1.87. The summed E-state index contributed by atoms with van der Waals surface area (Å²) < 4.78 is 23.5. The van der Waals surface area contributed by atoms with Gasteiger partial charge in [-0.05, 0) is 67.9 Å². The molecule has 3 aromatic carbocycles. The first-order valence-electron chi connectivity index (χ1n) is 13.1. The molecule has 11 nitrogen and oxygen atoms in total. The van der Waals surface area contributed by atoms with Gasteiger partial charge in [0.25, 0.3) is 5.91 Å². The lowest BCUT2D eigenvalue weighted by Gasteiger charge is -2.14. The van der Waals surface area contributed by atoms with Crippen molar-refractivity contribution in [2.75, 3.05) is 39.0 Å². The minimum Gasteiger partial charge on any atom is -0.494 e. The number of nitrogens with zero attached hydrogens (tertiary/aromatic N) is 3. The normalized spacial score (nSPS) is 10.6. The zero-order valence-corrected chi connectivity index (χ0v) is 24.9. The molecule has 0 atom stereocenters. The largest absolute Gasteiger partial charge is 0.494 e. The molecule has 0 aliphatic rings. The highest BCUT2D eigenvalue weighted by Gasteiger charge is 2.20. The minimum absolute atomic E-state index is 0.0613. The van der Waals surface area contributed by atoms with E-state index in [1.54, 1.807) is 16.7 Å². The predicted octanol–water partition coefficient (Wildman–Crippen LogP) is 4.66. The standard InChI is InChI=1S/C30H33N5O6S/c1-6-41-23-12-10-22(11-13-23)35-26(17-31-29(37)20-15-24(38-3)28(40-5)25(16-20)39-4)33-34-30(35)42-18-27(36)32-21-9-7-8-19(2)14-21/h7-16H,6,17-18H2,1-5H3,(H,31,37)(H,32,36). The highest BCUT2D eigenvalue weighted by molar-refractivity contribution is 7.99. The molecule has 12 heteroatoms. The number of carbonyl (C=O) groups is 2. The maximum atomic E-state index is 13.1. The number of thioether (sulfide) groups is 1. The van der Waals surface area contributed by atoms with Crippen molar-refractivity contribution in [3.8, 4) is 28.7 Å². The third kappa shape index (κ3) is 7.32. The van der Waals surface area contributed by atoms with Crippen LogP contribution >= 0.6 is 11.8 Å². The van der Waals surface area contributed by atoms with Crippen LogP contribution in [-0.4, -0.2) is 60.3 Å². The molecule has 0 aliphatic heterocycles. The summed E-state index contributed by atoms with van der Waals surface area (Å²) in [4.78, 5) is 25.8. The van der Waals surface area contributed by atoms with Gasteiger partial charge in [0.2, 0.25) is 11.7 Å². The van der Waals surface area contributed by atoms with Crippen molar-refractivity contribution in [3.05, 3.63) is 77.6 Å².